The Labute approximate surface area is 192 Å². The fourth-order valence-electron chi connectivity index (χ4n) is 2.91. The van der Waals surface area contributed by atoms with Crippen molar-refractivity contribution in [2.75, 3.05) is 25.5 Å². The third-order valence-corrected chi connectivity index (χ3v) is 4.57. The molecule has 2 N–H and O–H groups in total. The van der Waals surface area contributed by atoms with Crippen LogP contribution in [0.15, 0.2) is 66.7 Å². The number of anilines is 1. The van der Waals surface area contributed by atoms with E-state index >= 15 is 0 Å². The maximum Gasteiger partial charge on any atom is 0.269 e. The standard InChI is InChI=1S/C23H24FN3O4.ClH/c1-30-23-14-18(4-11-22(23)31-16-17-2-5-19(24)6-3-17)15-25-12-13-26-20-7-9-21(10-8-20)27(28)29;/h2-11,14,25-26H,12-13,15-16H2,1H3;1H. The quantitative estimate of drug-likeness (QED) is 0.239. The molecule has 0 amide bonds. The number of hydrogen-bond acceptors (Lipinski definition) is 6. The minimum Gasteiger partial charge on any atom is -0.493 e. The van der Waals surface area contributed by atoms with E-state index in [1.54, 1.807) is 31.4 Å². The third-order valence-electron chi connectivity index (χ3n) is 4.57. The predicted octanol–water partition coefficient (Wildman–Crippen LogP) is 4.95. The zero-order valence-corrected chi connectivity index (χ0v) is 18.4. The fourth-order valence-corrected chi connectivity index (χ4v) is 2.91. The van der Waals surface area contributed by atoms with Crippen LogP contribution in [-0.4, -0.2) is 25.1 Å². The number of rotatable bonds is 11. The highest BCUT2D eigenvalue weighted by atomic mass is 35.5. The van der Waals surface area contributed by atoms with Crippen molar-refractivity contribution in [1.29, 1.82) is 0 Å². The summed E-state index contributed by atoms with van der Waals surface area (Å²) in [5.74, 6) is 0.974. The van der Waals surface area contributed by atoms with E-state index in [1.165, 1.54) is 24.3 Å². The first kappa shape index (κ1) is 24.9. The number of hydrogen-bond donors (Lipinski definition) is 2. The Hall–Kier alpha value is -3.36. The molecular formula is C23H25ClFN3O4. The molecule has 0 aliphatic heterocycles. The molecule has 3 aromatic carbocycles. The maximum absolute atomic E-state index is 13.0. The number of halogens is 2. The zero-order chi connectivity index (χ0) is 22.1. The molecule has 0 radical (unpaired) electrons. The van der Waals surface area contributed by atoms with Crippen LogP contribution in [0.1, 0.15) is 11.1 Å². The second kappa shape index (κ2) is 12.5. The molecular weight excluding hydrogens is 437 g/mol. The van der Waals surface area contributed by atoms with E-state index in [0.717, 1.165) is 16.8 Å². The number of non-ortho nitro benzene ring substituents is 1. The summed E-state index contributed by atoms with van der Waals surface area (Å²) < 4.78 is 24.2. The summed E-state index contributed by atoms with van der Waals surface area (Å²) in [6, 6.07) is 18.2. The first-order valence-electron chi connectivity index (χ1n) is 9.78. The van der Waals surface area contributed by atoms with Crippen molar-refractivity contribution in [2.45, 2.75) is 13.2 Å². The predicted molar refractivity (Wildman–Crippen MR) is 124 cm³/mol. The second-order valence-electron chi connectivity index (χ2n) is 6.81. The van der Waals surface area contributed by atoms with Crippen LogP contribution in [0, 0.1) is 15.9 Å². The molecule has 32 heavy (non-hydrogen) atoms. The molecule has 0 aliphatic carbocycles. The van der Waals surface area contributed by atoms with Gasteiger partial charge >= 0.3 is 0 Å². The topological polar surface area (TPSA) is 85.7 Å². The molecule has 0 aliphatic rings. The summed E-state index contributed by atoms with van der Waals surface area (Å²) >= 11 is 0. The SMILES string of the molecule is COc1cc(CNCCNc2ccc([N+](=O)[O-])cc2)ccc1OCc1ccc(F)cc1.Cl. The molecule has 3 rings (SSSR count). The number of nitrogens with one attached hydrogen (secondary N) is 2. The number of methoxy groups -OCH3 is 1. The summed E-state index contributed by atoms with van der Waals surface area (Å²) in [4.78, 5) is 10.3. The first-order valence-corrected chi connectivity index (χ1v) is 9.78. The van der Waals surface area contributed by atoms with Gasteiger partial charge in [-0.25, -0.2) is 4.39 Å². The lowest BCUT2D eigenvalue weighted by molar-refractivity contribution is -0.384. The van der Waals surface area contributed by atoms with E-state index in [0.29, 0.717) is 37.7 Å². The van der Waals surface area contributed by atoms with Gasteiger partial charge in [-0.05, 0) is 47.5 Å². The Morgan fingerprint density at radius 1 is 0.938 bits per heavy atom. The normalized spacial score (nSPS) is 10.2. The summed E-state index contributed by atoms with van der Waals surface area (Å²) in [5, 5.41) is 17.2. The van der Waals surface area contributed by atoms with Gasteiger partial charge in [0.25, 0.3) is 5.69 Å². The van der Waals surface area contributed by atoms with Crippen LogP contribution in [0.2, 0.25) is 0 Å². The van der Waals surface area contributed by atoms with Crippen molar-refractivity contribution < 1.29 is 18.8 Å². The van der Waals surface area contributed by atoms with Gasteiger partial charge < -0.3 is 20.1 Å². The van der Waals surface area contributed by atoms with Gasteiger partial charge in [0.2, 0.25) is 0 Å². The van der Waals surface area contributed by atoms with E-state index in [2.05, 4.69) is 10.6 Å². The maximum atomic E-state index is 13.0. The highest BCUT2D eigenvalue weighted by molar-refractivity contribution is 5.85. The number of ether oxygens (including phenoxy) is 2. The summed E-state index contributed by atoms with van der Waals surface area (Å²) in [5.41, 5.74) is 2.82. The van der Waals surface area contributed by atoms with E-state index in [-0.39, 0.29) is 23.9 Å². The van der Waals surface area contributed by atoms with Crippen molar-refractivity contribution in [3.8, 4) is 11.5 Å². The van der Waals surface area contributed by atoms with E-state index in [4.69, 9.17) is 9.47 Å². The van der Waals surface area contributed by atoms with Crippen molar-refractivity contribution >= 4 is 23.8 Å². The molecule has 0 fully saturated rings. The first-order chi connectivity index (χ1) is 15.0. The Balaban J connectivity index is 0.00000363. The van der Waals surface area contributed by atoms with Crippen molar-refractivity contribution in [1.82, 2.24) is 5.32 Å². The molecule has 3 aromatic rings. The molecule has 0 atom stereocenters. The second-order valence-corrected chi connectivity index (χ2v) is 6.81. The van der Waals surface area contributed by atoms with Crippen molar-refractivity contribution in [3.05, 3.63) is 93.8 Å². The molecule has 0 saturated carbocycles. The Morgan fingerprint density at radius 2 is 1.62 bits per heavy atom. The fraction of sp³-hybridized carbons (Fsp3) is 0.217. The van der Waals surface area contributed by atoms with Gasteiger partial charge in [-0.2, -0.15) is 0 Å². The summed E-state index contributed by atoms with van der Waals surface area (Å²) in [7, 11) is 1.59. The number of nitrogens with zero attached hydrogens (tertiary/aromatic N) is 1. The van der Waals surface area contributed by atoms with Crippen LogP contribution in [0.5, 0.6) is 11.5 Å². The lowest BCUT2D eigenvalue weighted by atomic mass is 10.2. The van der Waals surface area contributed by atoms with Gasteiger partial charge in [0, 0.05) is 37.5 Å². The number of nitro groups is 1. The largest absolute Gasteiger partial charge is 0.493 e. The van der Waals surface area contributed by atoms with Crippen LogP contribution in [0.3, 0.4) is 0 Å². The van der Waals surface area contributed by atoms with Gasteiger partial charge in [0.05, 0.1) is 12.0 Å². The molecule has 0 unspecified atom stereocenters. The number of benzene rings is 3. The average molecular weight is 462 g/mol. The van der Waals surface area contributed by atoms with Gasteiger partial charge in [0.15, 0.2) is 11.5 Å². The van der Waals surface area contributed by atoms with Gasteiger partial charge in [-0.3, -0.25) is 10.1 Å². The monoisotopic (exact) mass is 461 g/mol. The minimum absolute atomic E-state index is 0. The highest BCUT2D eigenvalue weighted by Gasteiger charge is 2.07. The molecule has 9 heteroatoms. The molecule has 7 nitrogen and oxygen atoms in total. The van der Waals surface area contributed by atoms with Crippen LogP contribution in [0.4, 0.5) is 15.8 Å². The third kappa shape index (κ3) is 7.40. The summed E-state index contributed by atoms with van der Waals surface area (Å²) in [6.07, 6.45) is 0. The van der Waals surface area contributed by atoms with Crippen LogP contribution >= 0.6 is 12.4 Å². The Kier molecular flexibility index (Phi) is 9.72. The molecule has 0 spiro atoms. The smallest absolute Gasteiger partial charge is 0.269 e. The van der Waals surface area contributed by atoms with E-state index in [1.807, 2.05) is 18.2 Å². The van der Waals surface area contributed by atoms with Gasteiger partial charge in [0.1, 0.15) is 12.4 Å². The molecule has 170 valence electrons. The van der Waals surface area contributed by atoms with Crippen molar-refractivity contribution in [2.24, 2.45) is 0 Å². The highest BCUT2D eigenvalue weighted by Crippen LogP contribution is 2.29. The number of nitro benzene ring substituents is 1. The van der Waals surface area contributed by atoms with Gasteiger partial charge in [-0.1, -0.05) is 18.2 Å². The van der Waals surface area contributed by atoms with E-state index < -0.39 is 4.92 Å². The van der Waals surface area contributed by atoms with E-state index in [9.17, 15) is 14.5 Å². The van der Waals surface area contributed by atoms with Gasteiger partial charge in [-0.15, -0.1) is 12.4 Å². The van der Waals surface area contributed by atoms with Crippen LogP contribution in [-0.2, 0) is 13.2 Å². The Bertz CT molecular complexity index is 1000. The molecule has 0 saturated heterocycles. The Morgan fingerprint density at radius 3 is 2.28 bits per heavy atom. The lowest BCUT2D eigenvalue weighted by Gasteiger charge is -2.13. The van der Waals surface area contributed by atoms with Crippen molar-refractivity contribution in [3.63, 3.8) is 0 Å². The average Bonchev–Trinajstić information content (AvgIpc) is 2.79. The van der Waals surface area contributed by atoms with Crippen LogP contribution in [0.25, 0.3) is 0 Å². The lowest BCUT2D eigenvalue weighted by Crippen LogP contribution is -2.21. The molecule has 0 heterocycles. The minimum atomic E-state index is -0.418. The summed E-state index contributed by atoms with van der Waals surface area (Å²) in [6.45, 7) is 2.36. The van der Waals surface area contributed by atoms with Crippen LogP contribution < -0.4 is 20.1 Å². The zero-order valence-electron chi connectivity index (χ0n) is 17.5. The molecule has 0 bridgehead atoms. The molecule has 0 aromatic heterocycles.